The molecule has 8 nitrogen and oxygen atoms in total. The van der Waals surface area contributed by atoms with Gasteiger partial charge in [-0.05, 0) is 72.5 Å². The number of nitrogens with zero attached hydrogens (tertiary/aromatic N) is 3. The summed E-state index contributed by atoms with van der Waals surface area (Å²) in [6.45, 7) is 1.99. The molecule has 0 saturated carbocycles. The van der Waals surface area contributed by atoms with Crippen molar-refractivity contribution in [3.05, 3.63) is 146 Å². The van der Waals surface area contributed by atoms with E-state index in [2.05, 4.69) is 4.72 Å². The van der Waals surface area contributed by atoms with Crippen LogP contribution in [-0.2, 0) is 30.0 Å². The summed E-state index contributed by atoms with van der Waals surface area (Å²) >= 11 is 6.28. The van der Waals surface area contributed by atoms with E-state index in [1.54, 1.807) is 53.9 Å². The standard InChI is InChI=1S/C33H29ClN4O4S/c1-22-31(33(40)38(36(22)2)28-13-7-4-8-14-28)35-43(41,42)29-15-9-12-25(19-29)32(39)37-21-26-18-27(34)17-16-24(26)20-30(37)23-10-5-3-6-11-23/h3-19,30,35H,20-21H2,1-2H3. The van der Waals surface area contributed by atoms with Crippen LogP contribution in [0.15, 0.2) is 113 Å². The number of anilines is 1. The van der Waals surface area contributed by atoms with Crippen LogP contribution in [0, 0.1) is 6.92 Å². The Hall–Kier alpha value is -4.60. The Balaban J connectivity index is 1.34. The lowest BCUT2D eigenvalue weighted by Gasteiger charge is -2.37. The van der Waals surface area contributed by atoms with E-state index in [4.69, 9.17) is 11.6 Å². The van der Waals surface area contributed by atoms with Crippen LogP contribution in [0.4, 0.5) is 5.69 Å². The molecule has 0 fully saturated rings. The Bertz CT molecular complexity index is 2000. The van der Waals surface area contributed by atoms with E-state index < -0.39 is 15.6 Å². The number of halogens is 1. The second-order valence-corrected chi connectivity index (χ2v) is 12.7. The first kappa shape index (κ1) is 28.5. The van der Waals surface area contributed by atoms with Gasteiger partial charge in [0, 0.05) is 24.2 Å². The summed E-state index contributed by atoms with van der Waals surface area (Å²) < 4.78 is 32.7. The molecule has 1 N–H and O–H groups in total. The first-order chi connectivity index (χ1) is 20.6. The van der Waals surface area contributed by atoms with Crippen molar-refractivity contribution in [1.29, 1.82) is 0 Å². The molecule has 2 heterocycles. The molecule has 1 amide bonds. The summed E-state index contributed by atoms with van der Waals surface area (Å²) in [7, 11) is -2.53. The van der Waals surface area contributed by atoms with Crippen LogP contribution in [-0.4, -0.2) is 28.6 Å². The summed E-state index contributed by atoms with van der Waals surface area (Å²) in [4.78, 5) is 29.0. The van der Waals surface area contributed by atoms with Gasteiger partial charge in [0.05, 0.1) is 22.3 Å². The zero-order chi connectivity index (χ0) is 30.3. The smallest absolute Gasteiger partial charge is 0.296 e. The number of para-hydroxylation sites is 1. The molecular formula is C33H29ClN4O4S. The largest absolute Gasteiger partial charge is 0.327 e. The normalized spacial score (nSPS) is 14.8. The minimum atomic E-state index is -4.22. The van der Waals surface area contributed by atoms with Crippen molar-refractivity contribution in [1.82, 2.24) is 14.3 Å². The van der Waals surface area contributed by atoms with Crippen LogP contribution in [0.2, 0.25) is 5.02 Å². The van der Waals surface area contributed by atoms with Crippen LogP contribution >= 0.6 is 11.6 Å². The third-order valence-corrected chi connectivity index (χ3v) is 9.51. The summed E-state index contributed by atoms with van der Waals surface area (Å²) in [6, 6.07) is 30.1. The van der Waals surface area contributed by atoms with Gasteiger partial charge in [-0.1, -0.05) is 72.3 Å². The Morgan fingerprint density at radius 3 is 2.30 bits per heavy atom. The van der Waals surface area contributed by atoms with Crippen LogP contribution in [0.25, 0.3) is 5.69 Å². The van der Waals surface area contributed by atoms with E-state index in [9.17, 15) is 18.0 Å². The van der Waals surface area contributed by atoms with E-state index in [0.717, 1.165) is 16.7 Å². The summed E-state index contributed by atoms with van der Waals surface area (Å²) in [5.41, 5.74) is 3.76. The maximum absolute atomic E-state index is 14.0. The highest BCUT2D eigenvalue weighted by Gasteiger charge is 2.32. The number of amides is 1. The Labute approximate surface area is 254 Å². The molecule has 10 heteroatoms. The number of sulfonamides is 1. The fraction of sp³-hybridized carbons (Fsp3) is 0.152. The number of hydrogen-bond donors (Lipinski definition) is 1. The first-order valence-electron chi connectivity index (χ1n) is 13.7. The van der Waals surface area contributed by atoms with Gasteiger partial charge in [0.15, 0.2) is 0 Å². The molecule has 1 aliphatic rings. The maximum atomic E-state index is 14.0. The average molecular weight is 613 g/mol. The topological polar surface area (TPSA) is 93.4 Å². The third-order valence-electron chi connectivity index (χ3n) is 7.93. The Morgan fingerprint density at radius 2 is 1.58 bits per heavy atom. The summed E-state index contributed by atoms with van der Waals surface area (Å²) in [6.07, 6.45) is 0.600. The number of benzene rings is 4. The highest BCUT2D eigenvalue weighted by Crippen LogP contribution is 2.35. The average Bonchev–Trinajstić information content (AvgIpc) is 3.23. The fourth-order valence-corrected chi connectivity index (χ4v) is 6.94. The molecule has 6 rings (SSSR count). The summed E-state index contributed by atoms with van der Waals surface area (Å²) in [5.74, 6) is -0.307. The molecule has 1 aromatic heterocycles. The lowest BCUT2D eigenvalue weighted by molar-refractivity contribution is 0.0637. The van der Waals surface area contributed by atoms with Gasteiger partial charge in [-0.3, -0.25) is 19.0 Å². The van der Waals surface area contributed by atoms with E-state index in [0.29, 0.717) is 29.4 Å². The molecule has 4 aromatic carbocycles. The minimum Gasteiger partial charge on any atom is -0.327 e. The molecule has 5 aromatic rings. The van der Waals surface area contributed by atoms with E-state index in [-0.39, 0.29) is 28.1 Å². The molecule has 0 saturated heterocycles. The molecule has 0 radical (unpaired) electrons. The summed E-state index contributed by atoms with van der Waals surface area (Å²) in [5, 5.41) is 0.589. The fourth-order valence-electron chi connectivity index (χ4n) is 5.58. The SMILES string of the molecule is Cc1c(NS(=O)(=O)c2cccc(C(=O)N3Cc4cc(Cl)ccc4CC3c3ccccc3)c2)c(=O)n(-c2ccccc2)n1C. The molecule has 0 aliphatic carbocycles. The lowest BCUT2D eigenvalue weighted by atomic mass is 9.89. The molecule has 1 unspecified atom stereocenters. The van der Waals surface area contributed by atoms with Gasteiger partial charge < -0.3 is 4.90 Å². The van der Waals surface area contributed by atoms with Crippen molar-refractivity contribution < 1.29 is 13.2 Å². The number of hydrogen-bond acceptors (Lipinski definition) is 4. The van der Waals surface area contributed by atoms with Gasteiger partial charge in [0.2, 0.25) is 0 Å². The van der Waals surface area contributed by atoms with Gasteiger partial charge >= 0.3 is 0 Å². The second kappa shape index (κ2) is 11.2. The van der Waals surface area contributed by atoms with Crippen molar-refractivity contribution in [2.75, 3.05) is 4.72 Å². The number of rotatable bonds is 6. The minimum absolute atomic E-state index is 0.0586. The van der Waals surface area contributed by atoms with Crippen LogP contribution in [0.1, 0.15) is 38.8 Å². The Kier molecular flexibility index (Phi) is 7.45. The number of nitrogens with one attached hydrogen (secondary N) is 1. The second-order valence-electron chi connectivity index (χ2n) is 10.5. The highest BCUT2D eigenvalue weighted by molar-refractivity contribution is 7.92. The van der Waals surface area contributed by atoms with E-state index in [1.165, 1.54) is 22.9 Å². The molecule has 0 bridgehead atoms. The number of carbonyl (C=O) groups is 1. The lowest BCUT2D eigenvalue weighted by Crippen LogP contribution is -2.39. The Morgan fingerprint density at radius 1 is 0.884 bits per heavy atom. The van der Waals surface area contributed by atoms with Gasteiger partial charge in [-0.2, -0.15) is 0 Å². The molecular weight excluding hydrogens is 584 g/mol. The van der Waals surface area contributed by atoms with Crippen LogP contribution in [0.3, 0.4) is 0 Å². The number of carbonyl (C=O) groups excluding carboxylic acids is 1. The number of aromatic nitrogens is 2. The molecule has 43 heavy (non-hydrogen) atoms. The van der Waals surface area contributed by atoms with E-state index >= 15 is 0 Å². The van der Waals surface area contributed by atoms with Gasteiger partial charge in [-0.15, -0.1) is 0 Å². The zero-order valence-corrected chi connectivity index (χ0v) is 25.1. The van der Waals surface area contributed by atoms with Crippen molar-refractivity contribution in [2.45, 2.75) is 30.8 Å². The molecule has 1 aliphatic heterocycles. The quantitative estimate of drug-likeness (QED) is 0.259. The molecule has 218 valence electrons. The molecule has 1 atom stereocenters. The molecule has 0 spiro atoms. The van der Waals surface area contributed by atoms with Crippen molar-refractivity contribution in [3.63, 3.8) is 0 Å². The van der Waals surface area contributed by atoms with Gasteiger partial charge in [0.25, 0.3) is 21.5 Å². The van der Waals surface area contributed by atoms with Crippen LogP contribution < -0.4 is 10.3 Å². The van der Waals surface area contributed by atoms with Gasteiger partial charge in [0.1, 0.15) is 5.69 Å². The van der Waals surface area contributed by atoms with Crippen molar-refractivity contribution in [2.24, 2.45) is 7.05 Å². The van der Waals surface area contributed by atoms with Gasteiger partial charge in [-0.25, -0.2) is 13.1 Å². The van der Waals surface area contributed by atoms with Crippen LogP contribution in [0.5, 0.6) is 0 Å². The maximum Gasteiger partial charge on any atom is 0.296 e. The monoisotopic (exact) mass is 612 g/mol. The predicted molar refractivity (Wildman–Crippen MR) is 167 cm³/mol. The zero-order valence-electron chi connectivity index (χ0n) is 23.6. The predicted octanol–water partition coefficient (Wildman–Crippen LogP) is 5.88. The van der Waals surface area contributed by atoms with Crippen molar-refractivity contribution in [3.8, 4) is 5.69 Å². The number of fused-ring (bicyclic) bond motifs is 1. The van der Waals surface area contributed by atoms with Crippen molar-refractivity contribution >= 4 is 33.2 Å². The first-order valence-corrected chi connectivity index (χ1v) is 15.6. The highest BCUT2D eigenvalue weighted by atomic mass is 35.5. The third kappa shape index (κ3) is 5.37. The van der Waals surface area contributed by atoms with E-state index in [1.807, 2.05) is 54.6 Å².